The zero-order chi connectivity index (χ0) is 10.5. The molecule has 0 bridgehead atoms. The molecule has 2 nitrogen and oxygen atoms in total. The summed E-state index contributed by atoms with van der Waals surface area (Å²) in [4.78, 5) is 0. The van der Waals surface area contributed by atoms with E-state index in [9.17, 15) is 0 Å². The molecule has 0 unspecified atom stereocenters. The minimum atomic E-state index is 0.579. The van der Waals surface area contributed by atoms with Crippen molar-refractivity contribution in [2.24, 2.45) is 0 Å². The zero-order valence-electron chi connectivity index (χ0n) is 8.01. The molecule has 0 N–H and O–H groups in total. The van der Waals surface area contributed by atoms with Crippen molar-refractivity contribution in [3.05, 3.63) is 52.2 Å². The lowest BCUT2D eigenvalue weighted by Crippen LogP contribution is -1.93. The summed E-state index contributed by atoms with van der Waals surface area (Å²) < 4.78 is 5.55. The van der Waals surface area contributed by atoms with Crippen molar-refractivity contribution >= 4 is 11.3 Å². The van der Waals surface area contributed by atoms with Gasteiger partial charge in [-0.2, -0.15) is 16.6 Å². The summed E-state index contributed by atoms with van der Waals surface area (Å²) in [6, 6.07) is 11.2. The van der Waals surface area contributed by atoms with Crippen LogP contribution in [-0.2, 0) is 6.61 Å². The summed E-state index contributed by atoms with van der Waals surface area (Å²) in [6.07, 6.45) is 0. The van der Waals surface area contributed by atoms with Crippen LogP contribution in [0, 0.1) is 11.3 Å². The van der Waals surface area contributed by atoms with Crippen molar-refractivity contribution in [2.75, 3.05) is 0 Å². The van der Waals surface area contributed by atoms with E-state index < -0.39 is 0 Å². The van der Waals surface area contributed by atoms with E-state index in [0.29, 0.717) is 12.2 Å². The van der Waals surface area contributed by atoms with E-state index in [4.69, 9.17) is 10.00 Å². The molecule has 0 saturated carbocycles. The van der Waals surface area contributed by atoms with Gasteiger partial charge in [-0.1, -0.05) is 0 Å². The quantitative estimate of drug-likeness (QED) is 0.787. The number of benzene rings is 1. The summed E-state index contributed by atoms with van der Waals surface area (Å²) in [5.41, 5.74) is 1.82. The van der Waals surface area contributed by atoms with Gasteiger partial charge in [0.15, 0.2) is 0 Å². The summed E-state index contributed by atoms with van der Waals surface area (Å²) in [7, 11) is 0. The third-order valence-corrected chi connectivity index (χ3v) is 2.70. The molecule has 0 aliphatic rings. The van der Waals surface area contributed by atoms with Crippen LogP contribution < -0.4 is 4.74 Å². The van der Waals surface area contributed by atoms with Gasteiger partial charge in [-0.05, 0) is 46.7 Å². The van der Waals surface area contributed by atoms with E-state index in [1.54, 1.807) is 23.5 Å². The second-order valence-electron chi connectivity index (χ2n) is 3.06. The van der Waals surface area contributed by atoms with Gasteiger partial charge in [-0.25, -0.2) is 0 Å². The molecule has 1 heterocycles. The summed E-state index contributed by atoms with van der Waals surface area (Å²) in [5.74, 6) is 0.792. The molecular weight excluding hydrogens is 206 g/mol. The van der Waals surface area contributed by atoms with Crippen molar-refractivity contribution in [2.45, 2.75) is 6.61 Å². The van der Waals surface area contributed by atoms with Gasteiger partial charge in [0, 0.05) is 0 Å². The lowest BCUT2D eigenvalue weighted by molar-refractivity contribution is 0.306. The highest BCUT2D eigenvalue weighted by Gasteiger charge is 1.96. The van der Waals surface area contributed by atoms with Gasteiger partial charge in [-0.15, -0.1) is 0 Å². The van der Waals surface area contributed by atoms with Crippen LogP contribution in [0.3, 0.4) is 0 Å². The number of rotatable bonds is 3. The van der Waals surface area contributed by atoms with Gasteiger partial charge in [0.05, 0.1) is 11.6 Å². The van der Waals surface area contributed by atoms with Crippen LogP contribution in [0.25, 0.3) is 0 Å². The molecule has 0 saturated heterocycles. The standard InChI is InChI=1S/C12H9NOS/c13-7-10-1-3-12(4-2-10)14-8-11-5-6-15-9-11/h1-6,9H,8H2. The number of thiophene rings is 1. The number of nitriles is 1. The van der Waals surface area contributed by atoms with Crippen LogP contribution >= 0.6 is 11.3 Å². The fourth-order valence-electron chi connectivity index (χ4n) is 1.17. The first-order chi connectivity index (χ1) is 7.38. The molecule has 0 atom stereocenters. The van der Waals surface area contributed by atoms with Crippen LogP contribution in [0.1, 0.15) is 11.1 Å². The lowest BCUT2D eigenvalue weighted by atomic mass is 10.2. The second kappa shape index (κ2) is 4.63. The molecular formula is C12H9NOS. The molecule has 0 amide bonds. The van der Waals surface area contributed by atoms with E-state index in [1.165, 1.54) is 5.56 Å². The van der Waals surface area contributed by atoms with E-state index in [1.807, 2.05) is 23.6 Å². The number of hydrogen-bond acceptors (Lipinski definition) is 3. The van der Waals surface area contributed by atoms with E-state index in [0.717, 1.165) is 5.75 Å². The van der Waals surface area contributed by atoms with Gasteiger partial charge in [0.25, 0.3) is 0 Å². The molecule has 3 heteroatoms. The van der Waals surface area contributed by atoms with Gasteiger partial charge < -0.3 is 4.74 Å². The SMILES string of the molecule is N#Cc1ccc(OCc2ccsc2)cc1. The van der Waals surface area contributed by atoms with Gasteiger partial charge >= 0.3 is 0 Å². The Kier molecular flexibility index (Phi) is 3.01. The number of hydrogen-bond donors (Lipinski definition) is 0. The van der Waals surface area contributed by atoms with Crippen molar-refractivity contribution < 1.29 is 4.74 Å². The molecule has 0 aliphatic heterocycles. The van der Waals surface area contributed by atoms with Crippen LogP contribution in [-0.4, -0.2) is 0 Å². The molecule has 1 aromatic carbocycles. The summed E-state index contributed by atoms with van der Waals surface area (Å²) >= 11 is 1.66. The Bertz CT molecular complexity index is 453. The van der Waals surface area contributed by atoms with Crippen LogP contribution in [0.2, 0.25) is 0 Å². The Hall–Kier alpha value is -1.79. The van der Waals surface area contributed by atoms with E-state index in [-0.39, 0.29) is 0 Å². The van der Waals surface area contributed by atoms with Gasteiger partial charge in [-0.3, -0.25) is 0 Å². The van der Waals surface area contributed by atoms with Crippen molar-refractivity contribution in [3.63, 3.8) is 0 Å². The maximum absolute atomic E-state index is 8.62. The first-order valence-electron chi connectivity index (χ1n) is 4.52. The molecule has 2 rings (SSSR count). The first-order valence-corrected chi connectivity index (χ1v) is 5.47. The first kappa shape index (κ1) is 9.75. The Morgan fingerprint density at radius 2 is 2.00 bits per heavy atom. The topological polar surface area (TPSA) is 33.0 Å². The van der Waals surface area contributed by atoms with E-state index >= 15 is 0 Å². The lowest BCUT2D eigenvalue weighted by Gasteiger charge is -2.03. The summed E-state index contributed by atoms with van der Waals surface area (Å²) in [5, 5.41) is 12.7. The molecule has 0 aliphatic carbocycles. The molecule has 0 spiro atoms. The Morgan fingerprint density at radius 1 is 1.20 bits per heavy atom. The fraction of sp³-hybridized carbons (Fsp3) is 0.0833. The average Bonchev–Trinajstić information content (AvgIpc) is 2.80. The maximum atomic E-state index is 8.62. The van der Waals surface area contributed by atoms with Crippen molar-refractivity contribution in [3.8, 4) is 11.8 Å². The molecule has 0 fully saturated rings. The molecule has 1 aromatic heterocycles. The minimum Gasteiger partial charge on any atom is -0.489 e. The zero-order valence-corrected chi connectivity index (χ0v) is 8.83. The summed E-state index contributed by atoms with van der Waals surface area (Å²) in [6.45, 7) is 0.579. The molecule has 74 valence electrons. The van der Waals surface area contributed by atoms with Crippen LogP contribution in [0.15, 0.2) is 41.1 Å². The van der Waals surface area contributed by atoms with Gasteiger partial charge in [0.2, 0.25) is 0 Å². The highest BCUT2D eigenvalue weighted by molar-refractivity contribution is 7.07. The Morgan fingerprint density at radius 3 is 2.60 bits per heavy atom. The third-order valence-electron chi connectivity index (χ3n) is 1.97. The molecule has 2 aromatic rings. The smallest absolute Gasteiger partial charge is 0.119 e. The Balaban J connectivity index is 1.97. The largest absolute Gasteiger partial charge is 0.489 e. The van der Waals surface area contributed by atoms with Gasteiger partial charge in [0.1, 0.15) is 12.4 Å². The van der Waals surface area contributed by atoms with Crippen LogP contribution in [0.4, 0.5) is 0 Å². The predicted octanol–water partition coefficient (Wildman–Crippen LogP) is 3.20. The minimum absolute atomic E-state index is 0.579. The highest BCUT2D eigenvalue weighted by atomic mass is 32.1. The predicted molar refractivity (Wildman–Crippen MR) is 59.8 cm³/mol. The number of ether oxygens (including phenoxy) is 1. The van der Waals surface area contributed by atoms with E-state index in [2.05, 4.69) is 11.4 Å². The molecule has 15 heavy (non-hydrogen) atoms. The maximum Gasteiger partial charge on any atom is 0.119 e. The molecule has 0 radical (unpaired) electrons. The van der Waals surface area contributed by atoms with Crippen LogP contribution in [0.5, 0.6) is 5.75 Å². The second-order valence-corrected chi connectivity index (χ2v) is 3.84. The average molecular weight is 215 g/mol. The highest BCUT2D eigenvalue weighted by Crippen LogP contribution is 2.14. The third kappa shape index (κ3) is 2.58. The van der Waals surface area contributed by atoms with Crippen molar-refractivity contribution in [1.29, 1.82) is 5.26 Å². The number of nitrogens with zero attached hydrogens (tertiary/aromatic N) is 1. The van der Waals surface area contributed by atoms with Crippen molar-refractivity contribution in [1.82, 2.24) is 0 Å². The fourth-order valence-corrected chi connectivity index (χ4v) is 1.82. The monoisotopic (exact) mass is 215 g/mol. The Labute approximate surface area is 92.4 Å². The normalized spacial score (nSPS) is 9.53.